The van der Waals surface area contributed by atoms with Crippen molar-refractivity contribution in [3.05, 3.63) is 72.9 Å². The van der Waals surface area contributed by atoms with E-state index in [-0.39, 0.29) is 0 Å². The van der Waals surface area contributed by atoms with Gasteiger partial charge in [0, 0.05) is 17.9 Å². The Morgan fingerprint density at radius 3 is 1.75 bits per heavy atom. The van der Waals surface area contributed by atoms with E-state index in [9.17, 15) is 0 Å². The van der Waals surface area contributed by atoms with Crippen molar-refractivity contribution < 1.29 is 0 Å². The number of benzene rings is 2. The molecule has 0 N–H and O–H groups in total. The smallest absolute Gasteiger partial charge is 0.0727 e. The molecule has 0 saturated carbocycles. The van der Waals surface area contributed by atoms with Crippen molar-refractivity contribution >= 4 is 19.4 Å². The Balaban J connectivity index is 2.24. The molecule has 0 heterocycles. The van der Waals surface area contributed by atoms with Crippen LogP contribution in [0.1, 0.15) is 0 Å². The van der Waals surface area contributed by atoms with E-state index in [1.807, 2.05) is 0 Å². The van der Waals surface area contributed by atoms with E-state index in [4.69, 9.17) is 0 Å². The molecule has 2 heteroatoms. The summed E-state index contributed by atoms with van der Waals surface area (Å²) in [6, 6.07) is 22.4. The molecule has 20 heavy (non-hydrogen) atoms. The van der Waals surface area contributed by atoms with Crippen molar-refractivity contribution in [2.45, 2.75) is 19.1 Å². The molecule has 0 radical (unpaired) electrons. The van der Waals surface area contributed by atoms with E-state index in [1.54, 1.807) is 0 Å². The molecule has 0 spiro atoms. The lowest BCUT2D eigenvalue weighted by Gasteiger charge is -2.28. The van der Waals surface area contributed by atoms with Gasteiger partial charge in [0.1, 0.15) is 0 Å². The van der Waals surface area contributed by atoms with E-state index in [0.717, 1.165) is 6.54 Å². The second-order valence-corrected chi connectivity index (χ2v) is 10.7. The molecule has 2 aromatic rings. The van der Waals surface area contributed by atoms with Crippen LogP contribution in [0.5, 0.6) is 0 Å². The summed E-state index contributed by atoms with van der Waals surface area (Å²) in [7, 11) is -1.28. The summed E-state index contributed by atoms with van der Waals surface area (Å²) in [5.74, 6) is 0. The van der Waals surface area contributed by atoms with Crippen LogP contribution in [0, 0.1) is 0 Å². The number of hydrogen-bond donors (Lipinski definition) is 0. The van der Waals surface area contributed by atoms with Gasteiger partial charge < -0.3 is 4.90 Å². The van der Waals surface area contributed by atoms with Crippen molar-refractivity contribution in [3.63, 3.8) is 0 Å². The molecule has 0 aliphatic heterocycles. The van der Waals surface area contributed by atoms with Crippen LogP contribution in [-0.2, 0) is 0 Å². The summed E-state index contributed by atoms with van der Waals surface area (Å²) in [6.07, 6.45) is 0. The molecule has 2 aromatic carbocycles. The molecule has 0 amide bonds. The third kappa shape index (κ3) is 3.84. The molecular weight excluding hydrogens is 258 g/mol. The largest absolute Gasteiger partial charge is 0.342 e. The minimum absolute atomic E-state index is 1.04. The Kier molecular flexibility index (Phi) is 4.80. The highest BCUT2D eigenvalue weighted by molar-refractivity contribution is 6.82. The Morgan fingerprint density at radius 2 is 1.35 bits per heavy atom. The predicted octanol–water partition coefficient (Wildman–Crippen LogP) is 5.26. The van der Waals surface area contributed by atoms with Gasteiger partial charge in [0.05, 0.1) is 8.07 Å². The quantitative estimate of drug-likeness (QED) is 0.653. The molecule has 104 valence electrons. The number of anilines is 2. The first-order valence-corrected chi connectivity index (χ1v) is 10.4. The Hall–Kier alpha value is -1.80. The fourth-order valence-corrected chi connectivity index (χ4v) is 3.13. The highest BCUT2D eigenvalue weighted by atomic mass is 28.3. The molecule has 0 fully saturated rings. The van der Waals surface area contributed by atoms with Crippen molar-refractivity contribution in [1.82, 2.24) is 0 Å². The average Bonchev–Trinajstić information content (AvgIpc) is 2.49. The number of nitrogens with zero attached hydrogens (tertiary/aromatic N) is 1. The Labute approximate surface area is 123 Å². The van der Waals surface area contributed by atoms with Crippen molar-refractivity contribution in [1.29, 1.82) is 0 Å². The van der Waals surface area contributed by atoms with Gasteiger partial charge in [-0.1, -0.05) is 49.5 Å². The standard InChI is InChI=1S/C18H23NSi/c1-4-20(2,3)16-15-19(17-11-7-5-8-12-17)18-13-9-6-10-14-18/h4-14H,1,15-16H2,2-3H3. The van der Waals surface area contributed by atoms with E-state index in [0.29, 0.717) is 0 Å². The first kappa shape index (κ1) is 14.6. The maximum absolute atomic E-state index is 4.00. The van der Waals surface area contributed by atoms with Crippen LogP contribution in [0.4, 0.5) is 11.4 Å². The van der Waals surface area contributed by atoms with Gasteiger partial charge in [-0.25, -0.2) is 0 Å². The summed E-state index contributed by atoms with van der Waals surface area (Å²) in [5, 5.41) is 0. The minimum atomic E-state index is -1.28. The number of hydrogen-bond acceptors (Lipinski definition) is 1. The van der Waals surface area contributed by atoms with Crippen molar-refractivity contribution in [3.8, 4) is 0 Å². The monoisotopic (exact) mass is 281 g/mol. The molecule has 0 bridgehead atoms. The predicted molar refractivity (Wildman–Crippen MR) is 92.4 cm³/mol. The maximum atomic E-state index is 4.00. The van der Waals surface area contributed by atoms with Crippen LogP contribution in [0.2, 0.25) is 19.1 Å². The van der Waals surface area contributed by atoms with Crippen molar-refractivity contribution in [2.24, 2.45) is 0 Å². The second-order valence-electron chi connectivity index (χ2n) is 5.77. The number of rotatable bonds is 6. The second kappa shape index (κ2) is 6.57. The highest BCUT2D eigenvalue weighted by Gasteiger charge is 2.18. The highest BCUT2D eigenvalue weighted by Crippen LogP contribution is 2.26. The summed E-state index contributed by atoms with van der Waals surface area (Å²) in [4.78, 5) is 2.40. The number of para-hydroxylation sites is 2. The topological polar surface area (TPSA) is 3.24 Å². The van der Waals surface area contributed by atoms with Crippen LogP contribution in [-0.4, -0.2) is 14.6 Å². The third-order valence-electron chi connectivity index (χ3n) is 3.67. The van der Waals surface area contributed by atoms with Crippen LogP contribution in [0.25, 0.3) is 0 Å². The molecule has 0 unspecified atom stereocenters. The Morgan fingerprint density at radius 1 is 0.900 bits per heavy atom. The lowest BCUT2D eigenvalue weighted by Crippen LogP contribution is -2.29. The molecule has 1 nitrogen and oxygen atoms in total. The van der Waals surface area contributed by atoms with Gasteiger partial charge in [-0.15, -0.1) is 12.3 Å². The fourth-order valence-electron chi connectivity index (χ4n) is 2.13. The van der Waals surface area contributed by atoms with E-state index < -0.39 is 8.07 Å². The minimum Gasteiger partial charge on any atom is -0.342 e. The van der Waals surface area contributed by atoms with Gasteiger partial charge in [0.2, 0.25) is 0 Å². The van der Waals surface area contributed by atoms with E-state index in [2.05, 4.69) is 90.9 Å². The van der Waals surface area contributed by atoms with Crippen LogP contribution >= 0.6 is 0 Å². The van der Waals surface area contributed by atoms with Gasteiger partial charge in [-0.2, -0.15) is 0 Å². The first-order chi connectivity index (χ1) is 9.62. The first-order valence-electron chi connectivity index (χ1n) is 7.14. The summed E-state index contributed by atoms with van der Waals surface area (Å²) >= 11 is 0. The molecule has 0 atom stereocenters. The molecule has 0 aliphatic rings. The molecular formula is C18H23NSi. The van der Waals surface area contributed by atoms with Crippen LogP contribution < -0.4 is 4.90 Å². The zero-order chi connectivity index (χ0) is 14.4. The maximum Gasteiger partial charge on any atom is 0.0727 e. The molecule has 0 aliphatic carbocycles. The molecule has 0 saturated heterocycles. The summed E-state index contributed by atoms with van der Waals surface area (Å²) in [6.45, 7) is 9.78. The van der Waals surface area contributed by atoms with Crippen LogP contribution in [0.15, 0.2) is 72.9 Å². The Bertz CT molecular complexity index is 494. The van der Waals surface area contributed by atoms with Gasteiger partial charge in [0.15, 0.2) is 0 Å². The van der Waals surface area contributed by atoms with Gasteiger partial charge in [0.25, 0.3) is 0 Å². The normalized spacial score (nSPS) is 11.1. The summed E-state index contributed by atoms with van der Waals surface area (Å²) < 4.78 is 0. The van der Waals surface area contributed by atoms with Crippen molar-refractivity contribution in [2.75, 3.05) is 11.4 Å². The fraction of sp³-hybridized carbons (Fsp3) is 0.222. The molecule has 0 aromatic heterocycles. The van der Waals surface area contributed by atoms with Crippen LogP contribution in [0.3, 0.4) is 0 Å². The lowest BCUT2D eigenvalue weighted by atomic mass is 10.2. The van der Waals surface area contributed by atoms with Gasteiger partial charge in [-0.3, -0.25) is 0 Å². The SMILES string of the molecule is C=C[Si](C)(C)CCN(c1ccccc1)c1ccccc1. The van der Waals surface area contributed by atoms with E-state index in [1.165, 1.54) is 17.4 Å². The zero-order valence-electron chi connectivity index (χ0n) is 12.4. The van der Waals surface area contributed by atoms with Gasteiger partial charge >= 0.3 is 0 Å². The van der Waals surface area contributed by atoms with Gasteiger partial charge in [-0.05, 0) is 30.3 Å². The third-order valence-corrected chi connectivity index (χ3v) is 6.29. The average molecular weight is 281 g/mol. The zero-order valence-corrected chi connectivity index (χ0v) is 13.4. The summed E-state index contributed by atoms with van der Waals surface area (Å²) in [5.41, 5.74) is 4.70. The lowest BCUT2D eigenvalue weighted by molar-refractivity contribution is 1.00. The van der Waals surface area contributed by atoms with E-state index >= 15 is 0 Å². The molecule has 2 rings (SSSR count).